The predicted octanol–water partition coefficient (Wildman–Crippen LogP) is 1.88. The van der Waals surface area contributed by atoms with Crippen molar-refractivity contribution in [3.05, 3.63) is 68.5 Å². The van der Waals surface area contributed by atoms with Gasteiger partial charge in [0.2, 0.25) is 10.0 Å². The number of hydrogen-bond acceptors (Lipinski definition) is 11. The van der Waals surface area contributed by atoms with Crippen molar-refractivity contribution < 1.29 is 18.3 Å². The fraction of sp³-hybridized carbons (Fsp3) is 0.0625. The predicted molar refractivity (Wildman–Crippen MR) is 114 cm³/mol. The first-order valence-corrected chi connectivity index (χ1v) is 10.8. The zero-order valence-electron chi connectivity index (χ0n) is 16.1. The van der Waals surface area contributed by atoms with Gasteiger partial charge in [-0.1, -0.05) is 6.07 Å². The Morgan fingerprint density at radius 1 is 1.16 bits per heavy atom. The van der Waals surface area contributed by atoms with E-state index in [9.17, 15) is 28.6 Å². The van der Waals surface area contributed by atoms with E-state index in [1.165, 1.54) is 24.7 Å². The summed E-state index contributed by atoms with van der Waals surface area (Å²) in [6.07, 6.45) is 2.69. The number of aryl methyl sites for hydroxylation is 1. The van der Waals surface area contributed by atoms with E-state index in [0.29, 0.717) is 15.6 Å². The summed E-state index contributed by atoms with van der Waals surface area (Å²) in [7, 11) is -2.42. The van der Waals surface area contributed by atoms with E-state index in [4.69, 9.17) is 5.14 Å². The van der Waals surface area contributed by atoms with Crippen LogP contribution in [0.2, 0.25) is 0 Å². The van der Waals surface area contributed by atoms with Gasteiger partial charge < -0.3 is 4.57 Å². The minimum absolute atomic E-state index is 0.0948. The minimum atomic E-state index is -4.12. The number of benzene rings is 2. The van der Waals surface area contributed by atoms with Crippen LogP contribution in [0.5, 0.6) is 0 Å². The van der Waals surface area contributed by atoms with Crippen LogP contribution in [0, 0.1) is 20.2 Å². The van der Waals surface area contributed by atoms with Gasteiger partial charge in [0.1, 0.15) is 12.0 Å². The molecule has 0 radical (unpaired) electrons. The van der Waals surface area contributed by atoms with Crippen molar-refractivity contribution >= 4 is 45.1 Å². The van der Waals surface area contributed by atoms with Crippen LogP contribution >= 0.6 is 11.8 Å². The van der Waals surface area contributed by atoms with Crippen molar-refractivity contribution in [2.75, 3.05) is 5.43 Å². The Morgan fingerprint density at radius 2 is 1.88 bits per heavy atom. The number of hydrogen-bond donors (Lipinski definition) is 2. The molecule has 0 aliphatic carbocycles. The second-order valence-corrected chi connectivity index (χ2v) is 8.73. The molecule has 3 rings (SSSR count). The Labute approximate surface area is 184 Å². The van der Waals surface area contributed by atoms with Crippen molar-refractivity contribution in [3.63, 3.8) is 0 Å². The zero-order valence-corrected chi connectivity index (χ0v) is 17.8. The molecule has 0 aliphatic heterocycles. The summed E-state index contributed by atoms with van der Waals surface area (Å²) in [4.78, 5) is 21.3. The van der Waals surface area contributed by atoms with E-state index < -0.39 is 30.5 Å². The fourth-order valence-corrected chi connectivity index (χ4v) is 3.80. The summed E-state index contributed by atoms with van der Waals surface area (Å²) in [5.74, 6) is 0. The molecule has 0 atom stereocenters. The van der Waals surface area contributed by atoms with Crippen LogP contribution < -0.4 is 10.6 Å². The molecule has 0 unspecified atom stereocenters. The van der Waals surface area contributed by atoms with Crippen molar-refractivity contribution in [2.24, 2.45) is 17.3 Å². The van der Waals surface area contributed by atoms with E-state index in [1.54, 1.807) is 17.7 Å². The van der Waals surface area contributed by atoms with Gasteiger partial charge in [0, 0.05) is 24.7 Å². The topological polar surface area (TPSA) is 202 Å². The highest BCUT2D eigenvalue weighted by Crippen LogP contribution is 2.34. The zero-order chi connectivity index (χ0) is 23.5. The average molecular weight is 478 g/mol. The first-order chi connectivity index (χ1) is 15.1. The first kappa shape index (κ1) is 22.8. The van der Waals surface area contributed by atoms with E-state index >= 15 is 0 Å². The van der Waals surface area contributed by atoms with E-state index in [0.717, 1.165) is 30.0 Å². The first-order valence-electron chi connectivity index (χ1n) is 8.47. The quantitative estimate of drug-likeness (QED) is 0.273. The summed E-state index contributed by atoms with van der Waals surface area (Å²) in [5.41, 5.74) is 1.92. The van der Waals surface area contributed by atoms with Crippen LogP contribution in [0.3, 0.4) is 0 Å². The largest absolute Gasteiger partial charge is 0.311 e. The Morgan fingerprint density at radius 3 is 2.47 bits per heavy atom. The van der Waals surface area contributed by atoms with Crippen LogP contribution in [-0.4, -0.2) is 39.2 Å². The SMILES string of the molecule is Cn1cnnc1Sc1ccc(/C=N\Nc2ccc(S(N)(=O)=O)cc2[N+](=O)[O-])cc1[N+](=O)[O-]. The summed E-state index contributed by atoms with van der Waals surface area (Å²) in [6.45, 7) is 0. The summed E-state index contributed by atoms with van der Waals surface area (Å²) >= 11 is 1.07. The van der Waals surface area contributed by atoms with E-state index in [-0.39, 0.29) is 11.4 Å². The summed E-state index contributed by atoms with van der Waals surface area (Å²) < 4.78 is 24.4. The number of rotatable bonds is 8. The van der Waals surface area contributed by atoms with Crippen LogP contribution in [0.25, 0.3) is 0 Å². The second kappa shape index (κ2) is 9.08. The van der Waals surface area contributed by atoms with Gasteiger partial charge >= 0.3 is 0 Å². The number of anilines is 1. The number of nitro groups is 2. The molecule has 0 bridgehead atoms. The van der Waals surface area contributed by atoms with Crippen molar-refractivity contribution in [2.45, 2.75) is 14.9 Å². The molecule has 1 heterocycles. The average Bonchev–Trinajstić information content (AvgIpc) is 3.12. The van der Waals surface area contributed by atoms with Crippen LogP contribution in [0.4, 0.5) is 17.1 Å². The molecule has 32 heavy (non-hydrogen) atoms. The fourth-order valence-electron chi connectivity index (χ4n) is 2.42. The van der Waals surface area contributed by atoms with Gasteiger partial charge in [-0.05, 0) is 30.0 Å². The van der Waals surface area contributed by atoms with Gasteiger partial charge in [-0.15, -0.1) is 10.2 Å². The second-order valence-electron chi connectivity index (χ2n) is 6.16. The molecule has 3 N–H and O–H groups in total. The molecule has 0 spiro atoms. The molecule has 3 aromatic rings. The number of primary sulfonamides is 1. The molecule has 0 aliphatic rings. The highest BCUT2D eigenvalue weighted by molar-refractivity contribution is 7.99. The Kier molecular flexibility index (Phi) is 6.47. The summed E-state index contributed by atoms with van der Waals surface area (Å²) in [6, 6.07) is 7.39. The number of nitrogens with two attached hydrogens (primary N) is 1. The molecular formula is C16H14N8O6S2. The molecule has 2 aromatic carbocycles. The Bertz CT molecular complexity index is 1340. The number of sulfonamides is 1. The lowest BCUT2D eigenvalue weighted by atomic mass is 10.2. The number of nitrogens with zero attached hydrogens (tertiary/aromatic N) is 6. The van der Waals surface area contributed by atoms with Crippen molar-refractivity contribution in [1.82, 2.24) is 14.8 Å². The summed E-state index contributed by atoms with van der Waals surface area (Å²) in [5, 5.41) is 39.6. The maximum absolute atomic E-state index is 11.5. The lowest BCUT2D eigenvalue weighted by Crippen LogP contribution is -2.12. The van der Waals surface area contributed by atoms with Crippen LogP contribution in [-0.2, 0) is 17.1 Å². The molecule has 1 aromatic heterocycles. The smallest absolute Gasteiger partial charge is 0.295 e. The van der Waals surface area contributed by atoms with Gasteiger partial charge in [-0.3, -0.25) is 25.7 Å². The number of aromatic nitrogens is 3. The molecule has 0 saturated heterocycles. The highest BCUT2D eigenvalue weighted by Gasteiger charge is 2.19. The van der Waals surface area contributed by atoms with E-state index in [1.807, 2.05) is 0 Å². The maximum Gasteiger partial charge on any atom is 0.295 e. The monoisotopic (exact) mass is 478 g/mol. The van der Waals surface area contributed by atoms with Gasteiger partial charge in [-0.25, -0.2) is 13.6 Å². The third-order valence-electron chi connectivity index (χ3n) is 3.94. The van der Waals surface area contributed by atoms with Gasteiger partial charge in [0.15, 0.2) is 5.16 Å². The lowest BCUT2D eigenvalue weighted by molar-refractivity contribution is -0.387. The maximum atomic E-state index is 11.5. The molecule has 16 heteroatoms. The van der Waals surface area contributed by atoms with E-state index in [2.05, 4.69) is 20.7 Å². The lowest BCUT2D eigenvalue weighted by Gasteiger charge is -2.05. The van der Waals surface area contributed by atoms with Gasteiger partial charge in [0.25, 0.3) is 11.4 Å². The van der Waals surface area contributed by atoms with Gasteiger partial charge in [0.05, 0.1) is 25.9 Å². The van der Waals surface area contributed by atoms with Crippen molar-refractivity contribution in [3.8, 4) is 0 Å². The minimum Gasteiger partial charge on any atom is -0.311 e. The molecule has 166 valence electrons. The number of nitro benzene ring substituents is 2. The molecular weight excluding hydrogens is 464 g/mol. The number of nitrogens with one attached hydrogen (secondary N) is 1. The third-order valence-corrected chi connectivity index (χ3v) is 5.97. The van der Waals surface area contributed by atoms with Crippen LogP contribution in [0.15, 0.2) is 62.8 Å². The van der Waals surface area contributed by atoms with Crippen molar-refractivity contribution in [1.29, 1.82) is 0 Å². The normalized spacial score (nSPS) is 11.6. The van der Waals surface area contributed by atoms with Gasteiger partial charge in [-0.2, -0.15) is 5.10 Å². The number of hydrazone groups is 1. The van der Waals surface area contributed by atoms with Crippen LogP contribution in [0.1, 0.15) is 5.56 Å². The highest BCUT2D eigenvalue weighted by atomic mass is 32.2. The Balaban J connectivity index is 1.84. The molecule has 0 saturated carbocycles. The molecule has 0 fully saturated rings. The third kappa shape index (κ3) is 5.23. The molecule has 14 nitrogen and oxygen atoms in total. The Hall–Kier alpha value is -3.89. The standard InChI is InChI=1S/C16H14N8O6S2/c1-22-9-19-21-16(22)31-15-5-2-10(6-14(15)24(27)28)8-18-20-12-4-3-11(32(17,29)30)7-13(12)23(25)26/h2-9,20H,1H3,(H2,17,29,30)/b18-8-. The molecule has 0 amide bonds.